The van der Waals surface area contributed by atoms with E-state index in [0.717, 1.165) is 18.7 Å². The molecular weight excluding hydrogens is 243 g/mol. The Morgan fingerprint density at radius 2 is 1.74 bits per heavy atom. The maximum atomic E-state index is 11.3. The Balaban J connectivity index is 1.96. The van der Waals surface area contributed by atoms with Crippen molar-refractivity contribution in [3.8, 4) is 0 Å². The van der Waals surface area contributed by atoms with Crippen molar-refractivity contribution in [3.05, 3.63) is 42.2 Å². The fourth-order valence-electron chi connectivity index (χ4n) is 2.28. The zero-order valence-corrected chi connectivity index (χ0v) is 11.0. The van der Waals surface area contributed by atoms with Crippen LogP contribution in [0, 0.1) is 5.82 Å². The van der Waals surface area contributed by atoms with Crippen LogP contribution in [0.1, 0.15) is 32.6 Å². The molecule has 0 aromatic heterocycles. The number of fused-ring (bicyclic) bond motifs is 1. The van der Waals surface area contributed by atoms with E-state index in [0.29, 0.717) is 0 Å². The molecule has 0 atom stereocenters. The van der Waals surface area contributed by atoms with Gasteiger partial charge in [0.1, 0.15) is 12.8 Å². The van der Waals surface area contributed by atoms with Gasteiger partial charge in [-0.3, -0.25) is 9.59 Å². The lowest BCUT2D eigenvalue weighted by Crippen LogP contribution is -2.37. The van der Waals surface area contributed by atoms with Crippen LogP contribution >= 0.6 is 0 Å². The first-order chi connectivity index (χ1) is 9.16. The van der Waals surface area contributed by atoms with Crippen LogP contribution in [0.2, 0.25) is 0 Å². The van der Waals surface area contributed by atoms with E-state index in [2.05, 4.69) is 13.0 Å². The third kappa shape index (κ3) is 3.10. The summed E-state index contributed by atoms with van der Waals surface area (Å²) in [5.41, 5.74) is 0. The first-order valence-electron chi connectivity index (χ1n) is 6.61. The molecule has 2 saturated heterocycles. The zero-order valence-electron chi connectivity index (χ0n) is 11.0. The summed E-state index contributed by atoms with van der Waals surface area (Å²) < 4.78 is 10.4. The Hall–Kier alpha value is -1.91. The van der Waals surface area contributed by atoms with Crippen molar-refractivity contribution < 1.29 is 18.9 Å². The highest BCUT2D eigenvalue weighted by Gasteiger charge is 2.62. The van der Waals surface area contributed by atoms with E-state index in [9.17, 15) is 9.59 Å². The molecule has 0 amide bonds. The van der Waals surface area contributed by atoms with Crippen LogP contribution in [0.25, 0.3) is 0 Å². The zero-order chi connectivity index (χ0) is 13.7. The molecule has 5 heteroatoms. The standard InChI is InChI=1S/C14H17BO4/c1-2-3-4-5-6-7-8-9-15-12(10-13(16)18-15)11-14(17)19-15/h4-9H,2-3,10-11H2,1H3/b5-4-,7-6+,9-8+. The van der Waals surface area contributed by atoms with Crippen molar-refractivity contribution in [2.75, 3.05) is 0 Å². The Morgan fingerprint density at radius 1 is 1.11 bits per heavy atom. The molecule has 0 spiro atoms. The van der Waals surface area contributed by atoms with Gasteiger partial charge in [0, 0.05) is 5.82 Å². The van der Waals surface area contributed by atoms with Gasteiger partial charge in [-0.05, 0) is 6.42 Å². The number of rotatable bonds is 5. The summed E-state index contributed by atoms with van der Waals surface area (Å²) in [5.74, 6) is 1.79. The lowest BCUT2D eigenvalue weighted by atomic mass is 9.49. The second kappa shape index (κ2) is 5.82. The van der Waals surface area contributed by atoms with Gasteiger partial charge in [-0.15, -0.1) is 5.98 Å². The summed E-state index contributed by atoms with van der Waals surface area (Å²) in [5, 5.41) is 0. The number of hydrogen-bond acceptors (Lipinski definition) is 4. The first-order valence-corrected chi connectivity index (χ1v) is 6.61. The molecule has 2 rings (SSSR count). The predicted octanol–water partition coefficient (Wildman–Crippen LogP) is 2.44. The molecule has 0 radical (unpaired) electrons. The summed E-state index contributed by atoms with van der Waals surface area (Å²) in [4.78, 5) is 22.6. The molecule has 0 aliphatic carbocycles. The lowest BCUT2D eigenvalue weighted by Gasteiger charge is -2.20. The van der Waals surface area contributed by atoms with Crippen molar-refractivity contribution in [1.29, 1.82) is 0 Å². The minimum Gasteiger partial charge on any atom is -0.610 e. The van der Waals surface area contributed by atoms with Gasteiger partial charge in [0.05, 0.1) is 0 Å². The minimum atomic E-state index is -1.96. The second-order valence-corrected chi connectivity index (χ2v) is 4.75. The van der Waals surface area contributed by atoms with Crippen LogP contribution in [0.4, 0.5) is 0 Å². The van der Waals surface area contributed by atoms with Gasteiger partial charge in [0.25, 0.3) is 0 Å². The summed E-state index contributed by atoms with van der Waals surface area (Å²) >= 11 is 0. The number of carbonyl (C=O) groups excluding carboxylic acids is 2. The monoisotopic (exact) mass is 260 g/mol. The topological polar surface area (TPSA) is 52.6 Å². The summed E-state index contributed by atoms with van der Waals surface area (Å²) in [7, 11) is 0. The highest BCUT2D eigenvalue weighted by molar-refractivity contribution is 6.84. The average Bonchev–Trinajstić information content (AvgIpc) is 2.79. The predicted molar refractivity (Wildman–Crippen MR) is 72.7 cm³/mol. The van der Waals surface area contributed by atoms with Crippen LogP contribution in [0.5, 0.6) is 0 Å². The van der Waals surface area contributed by atoms with Crippen LogP contribution in [0.3, 0.4) is 0 Å². The first kappa shape index (κ1) is 13.5. The Morgan fingerprint density at radius 3 is 2.37 bits per heavy atom. The lowest BCUT2D eigenvalue weighted by molar-refractivity contribution is -0.138. The van der Waals surface area contributed by atoms with E-state index >= 15 is 0 Å². The Labute approximate surface area is 113 Å². The third-order valence-corrected chi connectivity index (χ3v) is 3.21. The van der Waals surface area contributed by atoms with Gasteiger partial charge < -0.3 is 9.31 Å². The number of unbranched alkanes of at least 4 members (excludes halogenated alkanes) is 1. The van der Waals surface area contributed by atoms with Gasteiger partial charge in [0.2, 0.25) is 0 Å². The minimum absolute atomic E-state index is 0.191. The number of carbonyl (C=O) groups is 2. The van der Waals surface area contributed by atoms with Crippen LogP contribution in [-0.2, 0) is 18.9 Å². The summed E-state index contributed by atoms with van der Waals surface area (Å²) in [6.45, 7) is 0.159. The summed E-state index contributed by atoms with van der Waals surface area (Å²) in [6, 6.07) is 0. The molecule has 0 N–H and O–H groups in total. The molecule has 2 aliphatic heterocycles. The normalized spacial score (nSPS) is 21.6. The molecule has 4 nitrogen and oxygen atoms in total. The van der Waals surface area contributed by atoms with E-state index in [1.807, 2.05) is 18.2 Å². The smallest absolute Gasteiger partial charge is 0.581 e. The molecule has 0 unspecified atom stereocenters. The number of hydrogen-bond donors (Lipinski definition) is 0. The molecule has 2 aliphatic rings. The molecule has 2 fully saturated rings. The molecule has 0 aromatic carbocycles. The highest BCUT2D eigenvalue weighted by atomic mass is 16.7. The van der Waals surface area contributed by atoms with Crippen molar-refractivity contribution in [3.63, 3.8) is 0 Å². The van der Waals surface area contributed by atoms with Gasteiger partial charge in [-0.2, -0.15) is 0 Å². The molecule has 19 heavy (non-hydrogen) atoms. The third-order valence-electron chi connectivity index (χ3n) is 3.21. The maximum absolute atomic E-state index is 11.3. The van der Waals surface area contributed by atoms with E-state index in [1.165, 1.54) is 0 Å². The Bertz CT molecular complexity index is 430. The quantitative estimate of drug-likeness (QED) is 0.433. The van der Waals surface area contributed by atoms with E-state index in [1.54, 1.807) is 12.1 Å². The fraction of sp³-hybridized carbons (Fsp3) is 0.357. The van der Waals surface area contributed by atoms with Crippen LogP contribution < -0.4 is 0 Å². The number of allylic oxidation sites excluding steroid dienone is 5. The largest absolute Gasteiger partial charge is 0.610 e. The van der Waals surface area contributed by atoms with Crippen molar-refractivity contribution in [1.82, 2.24) is 0 Å². The highest BCUT2D eigenvalue weighted by Crippen LogP contribution is 2.40. The SMILES string of the molecule is CCC\C=C/C=C/C=C/[B-]12OC(=O)C[C+]1CC(=O)O2. The average molecular weight is 260 g/mol. The summed E-state index contributed by atoms with van der Waals surface area (Å²) in [6.07, 6.45) is 12.1. The van der Waals surface area contributed by atoms with Crippen LogP contribution in [-0.4, -0.2) is 18.5 Å². The molecule has 0 saturated carbocycles. The maximum Gasteiger partial charge on any atom is 0.581 e. The van der Waals surface area contributed by atoms with Gasteiger partial charge in [-0.25, -0.2) is 0 Å². The van der Waals surface area contributed by atoms with Crippen LogP contribution in [0.15, 0.2) is 36.4 Å². The van der Waals surface area contributed by atoms with E-state index in [4.69, 9.17) is 9.31 Å². The molecule has 0 bridgehead atoms. The van der Waals surface area contributed by atoms with Gasteiger partial charge >= 0.3 is 18.5 Å². The van der Waals surface area contributed by atoms with E-state index in [-0.39, 0.29) is 24.8 Å². The van der Waals surface area contributed by atoms with E-state index < -0.39 is 6.55 Å². The van der Waals surface area contributed by atoms with Gasteiger partial charge in [0.15, 0.2) is 0 Å². The van der Waals surface area contributed by atoms with Crippen molar-refractivity contribution in [2.45, 2.75) is 32.6 Å². The van der Waals surface area contributed by atoms with Crippen molar-refractivity contribution in [2.24, 2.45) is 0 Å². The fourth-order valence-corrected chi connectivity index (χ4v) is 2.28. The Kier molecular flexibility index (Phi) is 4.15. The van der Waals surface area contributed by atoms with Crippen molar-refractivity contribution >= 4 is 18.5 Å². The molecular formula is C14H17BO4. The second-order valence-electron chi connectivity index (χ2n) is 4.75. The molecule has 0 aromatic rings. The molecule has 100 valence electrons. The van der Waals surface area contributed by atoms with Gasteiger partial charge in [-0.1, -0.05) is 43.7 Å². The molecule has 2 heterocycles.